The highest BCUT2D eigenvalue weighted by atomic mass is 19.1. The number of halogens is 1. The van der Waals surface area contributed by atoms with Crippen molar-refractivity contribution in [1.82, 2.24) is 0 Å². The number of fused-ring (bicyclic) bond motifs is 1. The van der Waals surface area contributed by atoms with Crippen molar-refractivity contribution < 1.29 is 13.9 Å². The number of phenols is 1. The first kappa shape index (κ1) is 12.9. The SMILES string of the molecule is CC(F)c1c(O)ccc2c(CN=[N+]=[N-])cc(=O)oc12. The topological polar surface area (TPSA) is 99.2 Å². The van der Waals surface area contributed by atoms with Gasteiger partial charge >= 0.3 is 5.63 Å². The molecule has 6 nitrogen and oxygen atoms in total. The fourth-order valence-electron chi connectivity index (χ4n) is 1.93. The van der Waals surface area contributed by atoms with Gasteiger partial charge < -0.3 is 9.52 Å². The Morgan fingerprint density at radius 3 is 2.95 bits per heavy atom. The van der Waals surface area contributed by atoms with Gasteiger partial charge in [-0.15, -0.1) is 0 Å². The number of hydrogen-bond acceptors (Lipinski definition) is 4. The molecule has 2 rings (SSSR count). The molecule has 1 heterocycles. The van der Waals surface area contributed by atoms with E-state index in [2.05, 4.69) is 10.0 Å². The molecule has 0 spiro atoms. The molecule has 0 saturated heterocycles. The average molecular weight is 263 g/mol. The lowest BCUT2D eigenvalue weighted by molar-refractivity contribution is 0.354. The van der Waals surface area contributed by atoms with Crippen LogP contribution < -0.4 is 5.63 Å². The Morgan fingerprint density at radius 1 is 1.58 bits per heavy atom. The maximum atomic E-state index is 13.5. The van der Waals surface area contributed by atoms with E-state index in [9.17, 15) is 14.3 Å². The number of hydrogen-bond donors (Lipinski definition) is 1. The highest BCUT2D eigenvalue weighted by Gasteiger charge is 2.17. The Balaban J connectivity index is 2.84. The Kier molecular flexibility index (Phi) is 3.39. The molecule has 0 bridgehead atoms. The summed E-state index contributed by atoms with van der Waals surface area (Å²) in [7, 11) is 0. The largest absolute Gasteiger partial charge is 0.507 e. The maximum Gasteiger partial charge on any atom is 0.336 e. The van der Waals surface area contributed by atoms with Gasteiger partial charge in [0.25, 0.3) is 0 Å². The second kappa shape index (κ2) is 4.99. The number of azide groups is 1. The van der Waals surface area contributed by atoms with Crippen molar-refractivity contribution in [2.75, 3.05) is 0 Å². The molecule has 1 atom stereocenters. The van der Waals surface area contributed by atoms with Gasteiger partial charge in [0.1, 0.15) is 17.5 Å². The summed E-state index contributed by atoms with van der Waals surface area (Å²) in [5.41, 5.74) is 7.93. The van der Waals surface area contributed by atoms with Crippen molar-refractivity contribution in [2.45, 2.75) is 19.6 Å². The molecule has 0 fully saturated rings. The number of alkyl halides is 1. The lowest BCUT2D eigenvalue weighted by Gasteiger charge is -2.10. The molecule has 0 aliphatic heterocycles. The van der Waals surface area contributed by atoms with Crippen LogP contribution in [0.25, 0.3) is 21.4 Å². The van der Waals surface area contributed by atoms with Crippen LogP contribution in [0.2, 0.25) is 0 Å². The van der Waals surface area contributed by atoms with Crippen molar-refractivity contribution in [2.24, 2.45) is 5.11 Å². The third kappa shape index (κ3) is 2.36. The molecule has 0 saturated carbocycles. The van der Waals surface area contributed by atoms with Gasteiger partial charge in [-0.05, 0) is 30.2 Å². The summed E-state index contributed by atoms with van der Waals surface area (Å²) >= 11 is 0. The Bertz CT molecular complexity index is 733. The second-order valence-electron chi connectivity index (χ2n) is 3.97. The Labute approximate surface area is 106 Å². The number of rotatable bonds is 3. The summed E-state index contributed by atoms with van der Waals surface area (Å²) in [5.74, 6) is -0.286. The van der Waals surface area contributed by atoms with E-state index in [-0.39, 0.29) is 23.4 Å². The van der Waals surface area contributed by atoms with Gasteiger partial charge in [-0.1, -0.05) is 5.11 Å². The molecule has 0 aliphatic rings. The molecule has 7 heteroatoms. The monoisotopic (exact) mass is 263 g/mol. The molecule has 1 aromatic carbocycles. The van der Waals surface area contributed by atoms with Crippen LogP contribution in [0.5, 0.6) is 5.75 Å². The highest BCUT2D eigenvalue weighted by molar-refractivity contribution is 5.85. The summed E-state index contributed by atoms with van der Waals surface area (Å²) in [6, 6.07) is 3.98. The number of phenolic OH excluding ortho intramolecular Hbond substituents is 1. The van der Waals surface area contributed by atoms with E-state index >= 15 is 0 Å². The zero-order valence-corrected chi connectivity index (χ0v) is 10.00. The van der Waals surface area contributed by atoms with E-state index in [1.165, 1.54) is 25.1 Å². The summed E-state index contributed by atoms with van der Waals surface area (Å²) in [6.45, 7) is 1.18. The summed E-state index contributed by atoms with van der Waals surface area (Å²) in [5, 5.41) is 13.5. The van der Waals surface area contributed by atoms with Crippen molar-refractivity contribution in [3.8, 4) is 5.75 Å². The van der Waals surface area contributed by atoms with E-state index in [1.807, 2.05) is 0 Å². The van der Waals surface area contributed by atoms with Gasteiger partial charge in [-0.3, -0.25) is 0 Å². The zero-order chi connectivity index (χ0) is 14.0. The number of nitrogens with zero attached hydrogens (tertiary/aromatic N) is 3. The van der Waals surface area contributed by atoms with Crippen LogP contribution in [0.4, 0.5) is 4.39 Å². The van der Waals surface area contributed by atoms with Crippen LogP contribution in [0.1, 0.15) is 24.2 Å². The molecule has 1 aromatic heterocycles. The molecule has 0 radical (unpaired) electrons. The molecule has 0 aliphatic carbocycles. The lowest BCUT2D eigenvalue weighted by atomic mass is 10.0. The van der Waals surface area contributed by atoms with Gasteiger partial charge in [0.15, 0.2) is 0 Å². The summed E-state index contributed by atoms with van der Waals surface area (Å²) in [4.78, 5) is 14.1. The van der Waals surface area contributed by atoms with E-state index in [0.29, 0.717) is 10.9 Å². The van der Waals surface area contributed by atoms with Crippen LogP contribution in [0.15, 0.2) is 32.5 Å². The van der Waals surface area contributed by atoms with Gasteiger partial charge in [-0.2, -0.15) is 0 Å². The Morgan fingerprint density at radius 2 is 2.32 bits per heavy atom. The second-order valence-corrected chi connectivity index (χ2v) is 3.97. The first-order valence-corrected chi connectivity index (χ1v) is 5.48. The first-order chi connectivity index (χ1) is 9.04. The first-order valence-electron chi connectivity index (χ1n) is 5.48. The minimum atomic E-state index is -1.50. The van der Waals surface area contributed by atoms with Gasteiger partial charge in [-0.25, -0.2) is 9.18 Å². The predicted molar refractivity (Wildman–Crippen MR) is 66.5 cm³/mol. The fourth-order valence-corrected chi connectivity index (χ4v) is 1.93. The van der Waals surface area contributed by atoms with Crippen LogP contribution in [0.3, 0.4) is 0 Å². The minimum Gasteiger partial charge on any atom is -0.507 e. The molecule has 1 unspecified atom stereocenters. The average Bonchev–Trinajstić information content (AvgIpc) is 2.34. The molecule has 98 valence electrons. The van der Waals surface area contributed by atoms with E-state index < -0.39 is 11.8 Å². The van der Waals surface area contributed by atoms with Gasteiger partial charge in [0.05, 0.1) is 12.1 Å². The standard InChI is InChI=1S/C12H10FN3O3/c1-6(13)11-9(17)3-2-8-7(5-15-16-14)4-10(18)19-12(8)11/h2-4,6,17H,5H2,1H3. The third-order valence-corrected chi connectivity index (χ3v) is 2.72. The van der Waals surface area contributed by atoms with Crippen LogP contribution in [-0.4, -0.2) is 5.11 Å². The Hall–Kier alpha value is -2.53. The quantitative estimate of drug-likeness (QED) is 0.397. The molecule has 1 N–H and O–H groups in total. The van der Waals surface area contributed by atoms with Crippen LogP contribution in [0, 0.1) is 0 Å². The molecule has 0 amide bonds. The van der Waals surface area contributed by atoms with Crippen molar-refractivity contribution in [3.05, 3.63) is 50.2 Å². The molecular weight excluding hydrogens is 253 g/mol. The van der Waals surface area contributed by atoms with Crippen LogP contribution in [-0.2, 0) is 6.54 Å². The summed E-state index contributed by atoms with van der Waals surface area (Å²) < 4.78 is 18.5. The molecule has 19 heavy (non-hydrogen) atoms. The van der Waals surface area contributed by atoms with Crippen molar-refractivity contribution in [1.29, 1.82) is 0 Å². The maximum absolute atomic E-state index is 13.5. The predicted octanol–water partition coefficient (Wildman–Crippen LogP) is 3.34. The zero-order valence-electron chi connectivity index (χ0n) is 10.00. The fraction of sp³-hybridized carbons (Fsp3) is 0.250. The van der Waals surface area contributed by atoms with Crippen LogP contribution >= 0.6 is 0 Å². The van der Waals surface area contributed by atoms with Gasteiger partial charge in [0, 0.05) is 16.4 Å². The normalized spacial score (nSPS) is 12.1. The van der Waals surface area contributed by atoms with Crippen molar-refractivity contribution >= 4 is 11.0 Å². The third-order valence-electron chi connectivity index (χ3n) is 2.72. The van der Waals surface area contributed by atoms with E-state index in [1.54, 1.807) is 0 Å². The number of benzene rings is 1. The molecular formula is C12H10FN3O3. The van der Waals surface area contributed by atoms with Crippen molar-refractivity contribution in [3.63, 3.8) is 0 Å². The number of aromatic hydroxyl groups is 1. The van der Waals surface area contributed by atoms with E-state index in [4.69, 9.17) is 9.95 Å². The highest BCUT2D eigenvalue weighted by Crippen LogP contribution is 2.34. The minimum absolute atomic E-state index is 0.0226. The smallest absolute Gasteiger partial charge is 0.336 e. The van der Waals surface area contributed by atoms with E-state index in [0.717, 1.165) is 0 Å². The van der Waals surface area contributed by atoms with Gasteiger partial charge in [0.2, 0.25) is 0 Å². The molecule has 2 aromatic rings. The lowest BCUT2D eigenvalue weighted by Crippen LogP contribution is -2.02. The summed E-state index contributed by atoms with van der Waals surface area (Å²) in [6.07, 6.45) is -1.50.